The lowest BCUT2D eigenvalue weighted by atomic mass is 9.51. The number of hydrogen-bond donors (Lipinski definition) is 1. The van der Waals surface area contributed by atoms with Crippen molar-refractivity contribution in [2.75, 3.05) is 12.0 Å². The third-order valence-corrected chi connectivity index (χ3v) is 12.7. The van der Waals surface area contributed by atoms with Crippen LogP contribution in [0.5, 0.6) is 5.75 Å². The van der Waals surface area contributed by atoms with Gasteiger partial charge in [0, 0.05) is 28.8 Å². The molecule has 3 fully saturated rings. The first kappa shape index (κ1) is 32.3. The van der Waals surface area contributed by atoms with E-state index in [0.29, 0.717) is 26.8 Å². The number of aromatic hydroxyl groups is 1. The van der Waals surface area contributed by atoms with Crippen LogP contribution in [-0.4, -0.2) is 56.6 Å². The molecule has 0 bridgehead atoms. The minimum Gasteiger partial charge on any atom is -0.505 e. The fourth-order valence-corrected chi connectivity index (χ4v) is 10.1. The van der Waals surface area contributed by atoms with Crippen LogP contribution in [0.3, 0.4) is 0 Å². The lowest BCUT2D eigenvalue weighted by Gasteiger charge is -2.49. The molecule has 50 heavy (non-hydrogen) atoms. The number of methoxy groups -OCH3 is 1. The standard InChI is InChI=1S/C36H30ClFN4O7S/c1-15-20-12-17(37)6-10-26(20)50-30(15)24-14-27(40(3)39-24)41-32(45)22-13-21-18(7-8-19-28(21)33(46)42(31(19)44)35(48)49-4)29(36(22,2)34(41)47)16-5-9-25(43)23(38)11-16/h5-7,9-12,14,19,21-22,28-29,43H,8,13H2,1-4H3/t19-,21+,22-,28-,29-,36+/m0/s1. The predicted octanol–water partition coefficient (Wildman–Crippen LogP) is 6.11. The number of amides is 5. The number of rotatable bonds is 3. The number of aromatic nitrogens is 2. The van der Waals surface area contributed by atoms with Gasteiger partial charge in [-0.05, 0) is 79.5 Å². The smallest absolute Gasteiger partial charge is 0.423 e. The number of benzene rings is 2. The molecule has 11 nitrogen and oxygen atoms in total. The lowest BCUT2D eigenvalue weighted by molar-refractivity contribution is -0.138. The number of aryl methyl sites for hydroxylation is 2. The molecule has 2 aliphatic carbocycles. The zero-order chi connectivity index (χ0) is 35.5. The van der Waals surface area contributed by atoms with Gasteiger partial charge in [-0.15, -0.1) is 11.3 Å². The normalized spacial score (nSPS) is 27.5. The number of phenolic OH excluding ortho intramolecular Hbond substituents is 1. The van der Waals surface area contributed by atoms with E-state index in [1.807, 2.05) is 25.1 Å². The molecule has 2 aromatic heterocycles. The lowest BCUT2D eigenvalue weighted by Crippen LogP contribution is -2.49. The van der Waals surface area contributed by atoms with E-state index in [2.05, 4.69) is 0 Å². The highest BCUT2D eigenvalue weighted by molar-refractivity contribution is 7.22. The second-order valence-corrected chi connectivity index (χ2v) is 15.1. The fourth-order valence-electron chi connectivity index (χ4n) is 8.80. The number of halogens is 2. The third-order valence-electron chi connectivity index (χ3n) is 11.2. The van der Waals surface area contributed by atoms with Gasteiger partial charge in [-0.2, -0.15) is 10.00 Å². The summed E-state index contributed by atoms with van der Waals surface area (Å²) < 4.78 is 22.2. The van der Waals surface area contributed by atoms with Crippen molar-refractivity contribution in [1.29, 1.82) is 0 Å². The SMILES string of the molecule is COC(=O)N1C(=O)[C@H]2[C@H](CC=C3[C@H]2C[C@H]2C(=O)N(c4cc(-c5sc6ccc(Cl)cc6c5C)nn4C)C(=O)[C@@]2(C)[C@H]3c2ccc(O)c(F)c2)C1=O. The van der Waals surface area contributed by atoms with Crippen molar-refractivity contribution < 1.29 is 38.2 Å². The molecular formula is C36H30ClFN4O7S. The van der Waals surface area contributed by atoms with Crippen LogP contribution in [0.1, 0.15) is 36.8 Å². The van der Waals surface area contributed by atoms with Gasteiger partial charge in [0.05, 0.1) is 35.2 Å². The summed E-state index contributed by atoms with van der Waals surface area (Å²) in [6.07, 6.45) is 0.837. The van der Waals surface area contributed by atoms with Crippen molar-refractivity contribution in [3.05, 3.63) is 76.1 Å². The van der Waals surface area contributed by atoms with E-state index in [4.69, 9.17) is 21.4 Å². The Kier molecular flexibility index (Phi) is 7.15. The van der Waals surface area contributed by atoms with Gasteiger partial charge < -0.3 is 9.84 Å². The Hall–Kier alpha value is -4.88. The molecule has 0 spiro atoms. The first-order valence-electron chi connectivity index (χ1n) is 16.0. The number of likely N-dealkylation sites (tertiary alicyclic amines) is 1. The molecule has 8 rings (SSSR count). The van der Waals surface area contributed by atoms with Gasteiger partial charge in [-0.1, -0.05) is 29.3 Å². The maximum atomic E-state index is 15.0. The number of nitrogens with zero attached hydrogens (tertiary/aromatic N) is 4. The van der Waals surface area contributed by atoms with Crippen molar-refractivity contribution in [3.63, 3.8) is 0 Å². The number of phenols is 1. The first-order chi connectivity index (χ1) is 23.8. The van der Waals surface area contributed by atoms with E-state index >= 15 is 0 Å². The van der Waals surface area contributed by atoms with Gasteiger partial charge in [0.15, 0.2) is 11.6 Å². The average molecular weight is 717 g/mol. The Morgan fingerprint density at radius 2 is 1.84 bits per heavy atom. The maximum absolute atomic E-state index is 15.0. The zero-order valence-electron chi connectivity index (χ0n) is 27.3. The molecule has 4 aliphatic rings. The van der Waals surface area contributed by atoms with Crippen LogP contribution in [0.15, 0.2) is 54.1 Å². The molecule has 1 N–H and O–H groups in total. The Morgan fingerprint density at radius 1 is 1.08 bits per heavy atom. The monoisotopic (exact) mass is 716 g/mol. The summed E-state index contributed by atoms with van der Waals surface area (Å²) >= 11 is 7.78. The summed E-state index contributed by atoms with van der Waals surface area (Å²) in [4.78, 5) is 71.5. The summed E-state index contributed by atoms with van der Waals surface area (Å²) in [5, 5.41) is 16.3. The second-order valence-electron chi connectivity index (χ2n) is 13.6. The van der Waals surface area contributed by atoms with E-state index < -0.39 is 76.3 Å². The van der Waals surface area contributed by atoms with Crippen LogP contribution < -0.4 is 4.90 Å². The van der Waals surface area contributed by atoms with Crippen molar-refractivity contribution in [3.8, 4) is 16.3 Å². The number of anilines is 1. The van der Waals surface area contributed by atoms with E-state index in [1.165, 1.54) is 28.2 Å². The van der Waals surface area contributed by atoms with E-state index in [-0.39, 0.29) is 18.7 Å². The van der Waals surface area contributed by atoms with Gasteiger partial charge in [-0.25, -0.2) is 14.1 Å². The highest BCUT2D eigenvalue weighted by Gasteiger charge is 2.68. The Balaban J connectivity index is 1.25. The third kappa shape index (κ3) is 4.25. The van der Waals surface area contributed by atoms with Crippen molar-refractivity contribution in [2.45, 2.75) is 32.6 Å². The molecule has 5 amide bonds. The summed E-state index contributed by atoms with van der Waals surface area (Å²) in [5.41, 5.74) is 1.01. The summed E-state index contributed by atoms with van der Waals surface area (Å²) in [6, 6.07) is 11.1. The molecule has 0 unspecified atom stereocenters. The van der Waals surface area contributed by atoms with E-state index in [1.54, 1.807) is 26.1 Å². The minimum absolute atomic E-state index is 0.0383. The number of hydrogen-bond acceptors (Lipinski definition) is 9. The van der Waals surface area contributed by atoms with Gasteiger partial charge in [-0.3, -0.25) is 23.9 Å². The predicted molar refractivity (Wildman–Crippen MR) is 181 cm³/mol. The maximum Gasteiger partial charge on any atom is 0.423 e. The van der Waals surface area contributed by atoms with Crippen molar-refractivity contribution in [2.24, 2.45) is 36.1 Å². The number of fused-ring (bicyclic) bond motifs is 5. The van der Waals surface area contributed by atoms with Gasteiger partial charge in [0.25, 0.3) is 0 Å². The number of allylic oxidation sites excluding steroid dienone is 2. The number of carbonyl (C=O) groups excluding carboxylic acids is 5. The van der Waals surface area contributed by atoms with Crippen LogP contribution in [0, 0.1) is 41.8 Å². The van der Waals surface area contributed by atoms with Crippen LogP contribution >= 0.6 is 22.9 Å². The summed E-state index contributed by atoms with van der Waals surface area (Å²) in [7, 11) is 2.72. The molecule has 4 heterocycles. The van der Waals surface area contributed by atoms with Gasteiger partial charge in [0.1, 0.15) is 11.5 Å². The van der Waals surface area contributed by atoms with Crippen molar-refractivity contribution in [1.82, 2.24) is 14.7 Å². The number of imide groups is 4. The topological polar surface area (TPSA) is 139 Å². The molecule has 6 atom stereocenters. The molecule has 2 saturated heterocycles. The molecule has 2 aliphatic heterocycles. The van der Waals surface area contributed by atoms with Crippen LogP contribution in [0.2, 0.25) is 5.02 Å². The summed E-state index contributed by atoms with van der Waals surface area (Å²) in [6.45, 7) is 3.64. The molecule has 0 radical (unpaired) electrons. The summed E-state index contributed by atoms with van der Waals surface area (Å²) in [5.74, 6) is -8.14. The highest BCUT2D eigenvalue weighted by atomic mass is 35.5. The quantitative estimate of drug-likeness (QED) is 0.198. The number of carbonyl (C=O) groups is 5. The van der Waals surface area contributed by atoms with Gasteiger partial charge in [0.2, 0.25) is 23.6 Å². The fraction of sp³-hybridized carbons (Fsp3) is 0.333. The Bertz CT molecular complexity index is 2260. The second kappa shape index (κ2) is 11.1. The average Bonchev–Trinajstić information content (AvgIpc) is 3.75. The van der Waals surface area contributed by atoms with Gasteiger partial charge >= 0.3 is 6.09 Å². The Morgan fingerprint density at radius 3 is 2.56 bits per heavy atom. The van der Waals surface area contributed by atoms with E-state index in [0.717, 1.165) is 38.6 Å². The minimum atomic E-state index is -1.45. The van der Waals surface area contributed by atoms with Crippen LogP contribution in [0.25, 0.3) is 20.7 Å². The molecule has 4 aromatic rings. The van der Waals surface area contributed by atoms with Crippen molar-refractivity contribution >= 4 is 68.6 Å². The molecular weight excluding hydrogens is 687 g/mol. The first-order valence-corrected chi connectivity index (χ1v) is 17.2. The highest BCUT2D eigenvalue weighted by Crippen LogP contribution is 2.63. The molecule has 1 saturated carbocycles. The number of thiophene rings is 1. The van der Waals surface area contributed by atoms with E-state index in [9.17, 15) is 33.5 Å². The largest absolute Gasteiger partial charge is 0.505 e. The van der Waals surface area contributed by atoms with Crippen LogP contribution in [0.4, 0.5) is 15.0 Å². The Labute approximate surface area is 293 Å². The molecule has 2 aromatic carbocycles. The molecule has 14 heteroatoms. The number of ether oxygens (including phenoxy) is 1. The van der Waals surface area contributed by atoms with Crippen LogP contribution in [-0.2, 0) is 31.0 Å². The zero-order valence-corrected chi connectivity index (χ0v) is 28.8. The molecule has 256 valence electrons.